The Morgan fingerprint density at radius 3 is 2.56 bits per heavy atom. The Hall–Kier alpha value is -0.120. The summed E-state index contributed by atoms with van der Waals surface area (Å²) in [5.41, 5.74) is 0. The lowest BCUT2D eigenvalue weighted by molar-refractivity contribution is 0.133. The minimum atomic E-state index is 0.863. The number of hydrogen-bond acceptors (Lipinski definition) is 3. The van der Waals surface area contributed by atoms with E-state index in [1.54, 1.807) is 0 Å². The van der Waals surface area contributed by atoms with Crippen LogP contribution in [-0.4, -0.2) is 50.8 Å². The van der Waals surface area contributed by atoms with E-state index in [0.717, 1.165) is 32.1 Å². The maximum Gasteiger partial charge on any atom is 0.0590 e. The average Bonchev–Trinajstić information content (AvgIpc) is 2.34. The molecule has 0 spiro atoms. The second kappa shape index (κ2) is 8.97. The highest BCUT2D eigenvalue weighted by molar-refractivity contribution is 4.72. The van der Waals surface area contributed by atoms with Crippen molar-refractivity contribution < 1.29 is 4.74 Å². The second-order valence-corrected chi connectivity index (χ2v) is 4.69. The molecule has 16 heavy (non-hydrogen) atoms. The van der Waals surface area contributed by atoms with Crippen molar-refractivity contribution >= 4 is 0 Å². The van der Waals surface area contributed by atoms with Crippen LogP contribution in [0.1, 0.15) is 33.1 Å². The maximum atomic E-state index is 5.44. The Balaban J connectivity index is 1.90. The van der Waals surface area contributed by atoms with Gasteiger partial charge >= 0.3 is 0 Å². The van der Waals surface area contributed by atoms with Gasteiger partial charge in [0.1, 0.15) is 0 Å². The van der Waals surface area contributed by atoms with Crippen LogP contribution in [-0.2, 0) is 4.74 Å². The third-order valence-electron chi connectivity index (χ3n) is 3.36. The van der Waals surface area contributed by atoms with Crippen LogP contribution in [0.4, 0.5) is 0 Å². The lowest BCUT2D eigenvalue weighted by atomic mass is 9.97. The molecule has 0 aromatic carbocycles. The zero-order valence-electron chi connectivity index (χ0n) is 11.0. The van der Waals surface area contributed by atoms with Crippen molar-refractivity contribution in [2.45, 2.75) is 33.1 Å². The quantitative estimate of drug-likeness (QED) is 0.640. The Morgan fingerprint density at radius 2 is 1.94 bits per heavy atom. The van der Waals surface area contributed by atoms with Crippen LogP contribution in [0.15, 0.2) is 0 Å². The van der Waals surface area contributed by atoms with Crippen molar-refractivity contribution in [3.05, 3.63) is 0 Å². The van der Waals surface area contributed by atoms with Gasteiger partial charge in [-0.1, -0.05) is 13.8 Å². The Labute approximate surface area is 101 Å². The molecule has 1 saturated heterocycles. The summed E-state index contributed by atoms with van der Waals surface area (Å²) in [6.07, 6.45) is 3.84. The molecule has 1 fully saturated rings. The van der Waals surface area contributed by atoms with Crippen molar-refractivity contribution in [2.75, 3.05) is 45.9 Å². The third kappa shape index (κ3) is 5.83. The van der Waals surface area contributed by atoms with Gasteiger partial charge in [-0.05, 0) is 51.4 Å². The molecule has 0 aromatic rings. The summed E-state index contributed by atoms with van der Waals surface area (Å²) in [6, 6.07) is 0. The number of likely N-dealkylation sites (tertiary alicyclic amines) is 1. The number of rotatable bonds is 8. The zero-order valence-corrected chi connectivity index (χ0v) is 11.0. The van der Waals surface area contributed by atoms with E-state index in [4.69, 9.17) is 4.74 Å². The molecule has 0 amide bonds. The molecule has 0 aliphatic carbocycles. The highest BCUT2D eigenvalue weighted by Gasteiger charge is 2.17. The zero-order chi connectivity index (χ0) is 11.6. The Kier molecular flexibility index (Phi) is 7.81. The van der Waals surface area contributed by atoms with Gasteiger partial charge in [-0.3, -0.25) is 0 Å². The maximum absolute atomic E-state index is 5.44. The fourth-order valence-corrected chi connectivity index (χ4v) is 2.20. The molecule has 3 heteroatoms. The van der Waals surface area contributed by atoms with Crippen molar-refractivity contribution in [1.29, 1.82) is 0 Å². The fraction of sp³-hybridized carbons (Fsp3) is 1.00. The van der Waals surface area contributed by atoms with Crippen LogP contribution < -0.4 is 5.32 Å². The summed E-state index contributed by atoms with van der Waals surface area (Å²) >= 11 is 0. The molecule has 96 valence electrons. The molecule has 1 aliphatic rings. The Bertz CT molecular complexity index is 156. The fourth-order valence-electron chi connectivity index (χ4n) is 2.20. The van der Waals surface area contributed by atoms with E-state index in [9.17, 15) is 0 Å². The van der Waals surface area contributed by atoms with E-state index in [-0.39, 0.29) is 0 Å². The van der Waals surface area contributed by atoms with Crippen molar-refractivity contribution in [1.82, 2.24) is 10.2 Å². The first kappa shape index (κ1) is 13.9. The molecular formula is C13H28N2O. The van der Waals surface area contributed by atoms with Crippen molar-refractivity contribution in [2.24, 2.45) is 5.92 Å². The first-order valence-corrected chi connectivity index (χ1v) is 6.87. The van der Waals surface area contributed by atoms with Crippen LogP contribution in [0.2, 0.25) is 0 Å². The van der Waals surface area contributed by atoms with Gasteiger partial charge in [0.05, 0.1) is 6.61 Å². The van der Waals surface area contributed by atoms with Gasteiger partial charge in [-0.2, -0.15) is 0 Å². The van der Waals surface area contributed by atoms with Gasteiger partial charge < -0.3 is 15.0 Å². The largest absolute Gasteiger partial charge is 0.380 e. The minimum absolute atomic E-state index is 0.863. The van der Waals surface area contributed by atoms with Gasteiger partial charge in [0, 0.05) is 13.2 Å². The molecule has 0 saturated carbocycles. The van der Waals surface area contributed by atoms with Crippen LogP contribution in [0.3, 0.4) is 0 Å². The van der Waals surface area contributed by atoms with Crippen molar-refractivity contribution in [3.8, 4) is 0 Å². The lowest BCUT2D eigenvalue weighted by Gasteiger charge is -2.31. The van der Waals surface area contributed by atoms with Crippen molar-refractivity contribution in [3.63, 3.8) is 0 Å². The minimum Gasteiger partial charge on any atom is -0.380 e. The lowest BCUT2D eigenvalue weighted by Crippen LogP contribution is -2.37. The normalized spacial score (nSPS) is 19.1. The summed E-state index contributed by atoms with van der Waals surface area (Å²) in [6.45, 7) is 12.1. The van der Waals surface area contributed by atoms with Gasteiger partial charge in [0.25, 0.3) is 0 Å². The topological polar surface area (TPSA) is 24.5 Å². The van der Waals surface area contributed by atoms with Gasteiger partial charge in [-0.25, -0.2) is 0 Å². The molecule has 0 radical (unpaired) electrons. The molecule has 3 nitrogen and oxygen atoms in total. The Morgan fingerprint density at radius 1 is 1.19 bits per heavy atom. The summed E-state index contributed by atoms with van der Waals surface area (Å²) in [5, 5.41) is 3.50. The highest BCUT2D eigenvalue weighted by Crippen LogP contribution is 2.15. The number of nitrogens with zero attached hydrogens (tertiary/aromatic N) is 1. The molecule has 1 aliphatic heterocycles. The molecular weight excluding hydrogens is 200 g/mol. The van der Waals surface area contributed by atoms with E-state index >= 15 is 0 Å². The van der Waals surface area contributed by atoms with Crippen LogP contribution in [0.25, 0.3) is 0 Å². The number of nitrogens with one attached hydrogen (secondary N) is 1. The second-order valence-electron chi connectivity index (χ2n) is 4.69. The van der Waals surface area contributed by atoms with Gasteiger partial charge in [0.15, 0.2) is 0 Å². The van der Waals surface area contributed by atoms with E-state index < -0.39 is 0 Å². The molecule has 0 aromatic heterocycles. The summed E-state index contributed by atoms with van der Waals surface area (Å²) < 4.78 is 5.44. The third-order valence-corrected chi connectivity index (χ3v) is 3.36. The average molecular weight is 228 g/mol. The van der Waals surface area contributed by atoms with E-state index in [1.165, 1.54) is 39.0 Å². The smallest absolute Gasteiger partial charge is 0.0590 e. The first-order valence-electron chi connectivity index (χ1n) is 6.87. The van der Waals surface area contributed by atoms with Crippen LogP contribution in [0, 0.1) is 5.92 Å². The number of ether oxygens (including phenoxy) is 1. The van der Waals surface area contributed by atoms with Gasteiger partial charge in [-0.15, -0.1) is 0 Å². The molecule has 0 bridgehead atoms. The number of hydrogen-bond donors (Lipinski definition) is 1. The standard InChI is InChI=1S/C13H28N2O/c1-3-10-16-11-7-14-12-13-5-8-15(4-2)9-6-13/h13-14H,3-12H2,1-2H3. The van der Waals surface area contributed by atoms with Crippen LogP contribution >= 0.6 is 0 Å². The molecule has 1 rings (SSSR count). The van der Waals surface area contributed by atoms with Gasteiger partial charge in [0.2, 0.25) is 0 Å². The van der Waals surface area contributed by atoms with E-state index in [2.05, 4.69) is 24.1 Å². The monoisotopic (exact) mass is 228 g/mol. The summed E-state index contributed by atoms with van der Waals surface area (Å²) in [4.78, 5) is 2.54. The summed E-state index contributed by atoms with van der Waals surface area (Å²) in [5.74, 6) is 0.883. The summed E-state index contributed by atoms with van der Waals surface area (Å²) in [7, 11) is 0. The highest BCUT2D eigenvalue weighted by atomic mass is 16.5. The first-order chi connectivity index (χ1) is 7.86. The molecule has 0 unspecified atom stereocenters. The predicted molar refractivity (Wildman–Crippen MR) is 68.8 cm³/mol. The van der Waals surface area contributed by atoms with Crippen LogP contribution in [0.5, 0.6) is 0 Å². The molecule has 1 N–H and O–H groups in total. The van der Waals surface area contributed by atoms with E-state index in [0.29, 0.717) is 0 Å². The predicted octanol–water partition coefficient (Wildman–Crippen LogP) is 1.73. The van der Waals surface area contributed by atoms with E-state index in [1.807, 2.05) is 0 Å². The number of piperidine rings is 1. The molecule has 0 atom stereocenters. The SMILES string of the molecule is CCCOCCNCC1CCN(CC)CC1. The molecule has 1 heterocycles.